The smallest absolute Gasteiger partial charge is 0.289 e. The van der Waals surface area contributed by atoms with Gasteiger partial charge in [0.25, 0.3) is 11.7 Å². The quantitative estimate of drug-likeness (QED) is 0.559. The van der Waals surface area contributed by atoms with Gasteiger partial charge in [0.05, 0.1) is 5.56 Å². The summed E-state index contributed by atoms with van der Waals surface area (Å²) >= 11 is 0. The van der Waals surface area contributed by atoms with E-state index in [0.717, 1.165) is 11.1 Å². The number of rotatable bonds is 5. The number of aromatic nitrogens is 1. The van der Waals surface area contributed by atoms with Gasteiger partial charge in [-0.05, 0) is 17.7 Å². The van der Waals surface area contributed by atoms with Crippen LogP contribution in [-0.2, 0) is 11.4 Å². The Labute approximate surface area is 126 Å². The zero-order chi connectivity index (χ0) is 15.5. The van der Waals surface area contributed by atoms with Crippen LogP contribution in [0.5, 0.6) is 5.75 Å². The standard InChI is InChI=1S/C17H14N2O3/c18-17(21)16(20)14-9-19-15-8-12(6-7-13(14)15)22-10-11-4-2-1-3-5-11/h1-9,19H,10H2,(H2,18,21). The zero-order valence-electron chi connectivity index (χ0n) is 11.7. The fraction of sp³-hybridized carbons (Fsp3) is 0.0588. The maximum absolute atomic E-state index is 11.7. The number of benzene rings is 2. The molecule has 3 rings (SSSR count). The summed E-state index contributed by atoms with van der Waals surface area (Å²) < 4.78 is 5.72. The highest BCUT2D eigenvalue weighted by atomic mass is 16.5. The van der Waals surface area contributed by atoms with E-state index in [9.17, 15) is 9.59 Å². The number of fused-ring (bicyclic) bond motifs is 1. The summed E-state index contributed by atoms with van der Waals surface area (Å²) in [5.41, 5.74) is 7.09. The number of nitrogens with two attached hydrogens (primary N) is 1. The number of primary amides is 1. The molecule has 0 atom stereocenters. The molecular formula is C17H14N2O3. The first kappa shape index (κ1) is 13.9. The fourth-order valence-electron chi connectivity index (χ4n) is 2.26. The number of H-pyrrole nitrogens is 1. The fourth-order valence-corrected chi connectivity index (χ4v) is 2.26. The summed E-state index contributed by atoms with van der Waals surface area (Å²) in [6.45, 7) is 0.458. The van der Waals surface area contributed by atoms with Crippen molar-refractivity contribution in [2.45, 2.75) is 6.61 Å². The Hall–Kier alpha value is -3.08. The third-order valence-corrected chi connectivity index (χ3v) is 3.37. The Balaban J connectivity index is 1.82. The van der Waals surface area contributed by atoms with Gasteiger partial charge in [0.2, 0.25) is 0 Å². The molecule has 3 aromatic rings. The molecule has 2 aromatic carbocycles. The van der Waals surface area contributed by atoms with Crippen molar-refractivity contribution in [2.75, 3.05) is 0 Å². The highest BCUT2D eigenvalue weighted by Gasteiger charge is 2.17. The van der Waals surface area contributed by atoms with Gasteiger partial charge in [0.1, 0.15) is 12.4 Å². The molecule has 0 fully saturated rings. The topological polar surface area (TPSA) is 85.2 Å². The Morgan fingerprint density at radius 1 is 1.09 bits per heavy atom. The van der Waals surface area contributed by atoms with Crippen LogP contribution in [-0.4, -0.2) is 16.7 Å². The molecule has 5 nitrogen and oxygen atoms in total. The second-order valence-electron chi connectivity index (χ2n) is 4.88. The first-order valence-corrected chi connectivity index (χ1v) is 6.77. The minimum atomic E-state index is -0.967. The van der Waals surface area contributed by atoms with Crippen molar-refractivity contribution in [3.8, 4) is 5.75 Å². The maximum atomic E-state index is 11.7. The van der Waals surface area contributed by atoms with Crippen LogP contribution in [0.2, 0.25) is 0 Å². The van der Waals surface area contributed by atoms with E-state index in [1.54, 1.807) is 18.2 Å². The second kappa shape index (κ2) is 5.73. The number of ether oxygens (including phenoxy) is 1. The zero-order valence-corrected chi connectivity index (χ0v) is 11.7. The number of nitrogens with one attached hydrogen (secondary N) is 1. The average Bonchev–Trinajstić information content (AvgIpc) is 2.96. The molecule has 3 N–H and O–H groups in total. The van der Waals surface area contributed by atoms with Crippen molar-refractivity contribution in [1.29, 1.82) is 0 Å². The Bertz CT molecular complexity index is 837. The number of aromatic amines is 1. The molecular weight excluding hydrogens is 280 g/mol. The molecule has 0 bridgehead atoms. The van der Waals surface area contributed by atoms with Crippen LogP contribution in [0.1, 0.15) is 15.9 Å². The van der Waals surface area contributed by atoms with E-state index in [-0.39, 0.29) is 5.56 Å². The molecule has 0 radical (unpaired) electrons. The number of carbonyl (C=O) groups is 2. The van der Waals surface area contributed by atoms with Crippen molar-refractivity contribution < 1.29 is 14.3 Å². The molecule has 110 valence electrons. The largest absolute Gasteiger partial charge is 0.489 e. The minimum absolute atomic E-state index is 0.275. The number of hydrogen-bond donors (Lipinski definition) is 2. The lowest BCUT2D eigenvalue weighted by atomic mass is 10.1. The summed E-state index contributed by atoms with van der Waals surface area (Å²) in [5.74, 6) is -0.995. The van der Waals surface area contributed by atoms with E-state index in [1.807, 2.05) is 30.3 Å². The molecule has 1 heterocycles. The minimum Gasteiger partial charge on any atom is -0.489 e. The second-order valence-corrected chi connectivity index (χ2v) is 4.88. The predicted octanol–water partition coefficient (Wildman–Crippen LogP) is 2.41. The molecule has 1 amide bonds. The van der Waals surface area contributed by atoms with Crippen LogP contribution in [0.25, 0.3) is 10.9 Å². The van der Waals surface area contributed by atoms with Crippen LogP contribution in [0, 0.1) is 0 Å². The molecule has 0 unspecified atom stereocenters. The highest BCUT2D eigenvalue weighted by Crippen LogP contribution is 2.24. The molecule has 0 saturated heterocycles. The summed E-state index contributed by atoms with van der Waals surface area (Å²) in [4.78, 5) is 25.6. The molecule has 0 aliphatic heterocycles. The van der Waals surface area contributed by atoms with Crippen molar-refractivity contribution in [2.24, 2.45) is 5.73 Å². The van der Waals surface area contributed by atoms with Crippen molar-refractivity contribution >= 4 is 22.6 Å². The van der Waals surface area contributed by atoms with Gasteiger partial charge in [-0.25, -0.2) is 0 Å². The summed E-state index contributed by atoms with van der Waals surface area (Å²) in [7, 11) is 0. The van der Waals surface area contributed by atoms with E-state index >= 15 is 0 Å². The van der Waals surface area contributed by atoms with Gasteiger partial charge in [-0.1, -0.05) is 30.3 Å². The van der Waals surface area contributed by atoms with Gasteiger partial charge in [-0.15, -0.1) is 0 Å². The van der Waals surface area contributed by atoms with Gasteiger partial charge in [-0.3, -0.25) is 9.59 Å². The Morgan fingerprint density at radius 3 is 2.59 bits per heavy atom. The van der Waals surface area contributed by atoms with Crippen LogP contribution < -0.4 is 10.5 Å². The number of ketones is 1. The van der Waals surface area contributed by atoms with Crippen molar-refractivity contribution in [1.82, 2.24) is 4.98 Å². The van der Waals surface area contributed by atoms with E-state index in [4.69, 9.17) is 10.5 Å². The Kier molecular flexibility index (Phi) is 3.62. The first-order valence-electron chi connectivity index (χ1n) is 6.77. The lowest BCUT2D eigenvalue weighted by molar-refractivity contribution is -0.114. The van der Waals surface area contributed by atoms with E-state index < -0.39 is 11.7 Å². The van der Waals surface area contributed by atoms with Crippen molar-refractivity contribution in [3.05, 3.63) is 65.9 Å². The molecule has 0 spiro atoms. The number of hydrogen-bond acceptors (Lipinski definition) is 3. The summed E-state index contributed by atoms with van der Waals surface area (Å²) in [6.07, 6.45) is 1.48. The molecule has 22 heavy (non-hydrogen) atoms. The van der Waals surface area contributed by atoms with Gasteiger partial charge < -0.3 is 15.5 Å². The van der Waals surface area contributed by atoms with E-state index in [0.29, 0.717) is 17.7 Å². The van der Waals surface area contributed by atoms with Gasteiger partial charge in [0.15, 0.2) is 0 Å². The molecule has 5 heteroatoms. The SMILES string of the molecule is NC(=O)C(=O)c1c[nH]c2cc(OCc3ccccc3)ccc12. The lowest BCUT2D eigenvalue weighted by Gasteiger charge is -2.06. The number of amides is 1. The van der Waals surface area contributed by atoms with Crippen molar-refractivity contribution in [3.63, 3.8) is 0 Å². The molecule has 0 saturated carbocycles. The molecule has 0 aliphatic rings. The first-order chi connectivity index (χ1) is 10.6. The van der Waals surface area contributed by atoms with E-state index in [2.05, 4.69) is 4.98 Å². The average molecular weight is 294 g/mol. The molecule has 1 aromatic heterocycles. The van der Waals surface area contributed by atoms with Crippen LogP contribution in [0.3, 0.4) is 0 Å². The van der Waals surface area contributed by atoms with Crippen LogP contribution >= 0.6 is 0 Å². The summed E-state index contributed by atoms with van der Waals surface area (Å²) in [5, 5.41) is 0.649. The predicted molar refractivity (Wildman–Crippen MR) is 82.6 cm³/mol. The van der Waals surface area contributed by atoms with E-state index in [1.165, 1.54) is 6.20 Å². The van der Waals surface area contributed by atoms with Crippen LogP contribution in [0.4, 0.5) is 0 Å². The van der Waals surface area contributed by atoms with Gasteiger partial charge in [-0.2, -0.15) is 0 Å². The highest BCUT2D eigenvalue weighted by molar-refractivity contribution is 6.44. The number of carbonyl (C=O) groups excluding carboxylic acids is 2. The number of Topliss-reactive ketones (excluding diaryl/α,β-unsaturated/α-hetero) is 1. The third kappa shape index (κ3) is 2.69. The third-order valence-electron chi connectivity index (χ3n) is 3.37. The van der Waals surface area contributed by atoms with Gasteiger partial charge in [0, 0.05) is 23.2 Å². The van der Waals surface area contributed by atoms with Gasteiger partial charge >= 0.3 is 0 Å². The lowest BCUT2D eigenvalue weighted by Crippen LogP contribution is -2.22. The normalized spacial score (nSPS) is 10.5. The summed E-state index contributed by atoms with van der Waals surface area (Å²) in [6, 6.07) is 15.1. The molecule has 0 aliphatic carbocycles. The monoisotopic (exact) mass is 294 g/mol. The maximum Gasteiger partial charge on any atom is 0.289 e. The van der Waals surface area contributed by atoms with Crippen LogP contribution in [0.15, 0.2) is 54.7 Å². The Morgan fingerprint density at radius 2 is 1.86 bits per heavy atom.